The first-order valence-corrected chi connectivity index (χ1v) is 6.78. The van der Waals surface area contributed by atoms with Gasteiger partial charge >= 0.3 is 0 Å². The van der Waals surface area contributed by atoms with Crippen molar-refractivity contribution in [1.82, 2.24) is 0 Å². The molecule has 5 nitrogen and oxygen atoms in total. The van der Waals surface area contributed by atoms with Crippen LogP contribution in [-0.2, 0) is 6.42 Å². The molecule has 1 atom stereocenters. The molecule has 0 amide bonds. The van der Waals surface area contributed by atoms with Crippen LogP contribution in [0.25, 0.3) is 0 Å². The van der Waals surface area contributed by atoms with Crippen LogP contribution in [0.1, 0.15) is 24.1 Å². The maximum absolute atomic E-state index is 10.6. The fourth-order valence-corrected chi connectivity index (χ4v) is 1.94. The van der Waals surface area contributed by atoms with E-state index in [-0.39, 0.29) is 11.7 Å². The Morgan fingerprint density at radius 2 is 1.76 bits per heavy atom. The second-order valence-electron chi connectivity index (χ2n) is 4.88. The van der Waals surface area contributed by atoms with Crippen molar-refractivity contribution in [3.8, 4) is 5.75 Å². The molecule has 0 aromatic heterocycles. The topological polar surface area (TPSA) is 78.4 Å². The molecule has 21 heavy (non-hydrogen) atoms. The van der Waals surface area contributed by atoms with Gasteiger partial charge in [0.05, 0.1) is 11.5 Å². The fourth-order valence-electron chi connectivity index (χ4n) is 1.94. The summed E-state index contributed by atoms with van der Waals surface area (Å²) in [6.07, 6.45) is 0.701. The molecule has 110 valence electrons. The van der Waals surface area contributed by atoms with E-state index in [2.05, 4.69) is 0 Å². The summed E-state index contributed by atoms with van der Waals surface area (Å²) in [5.74, 6) is 0.793. The number of nitrogens with zero attached hydrogens (tertiary/aromatic N) is 1. The number of ether oxygens (including phenoxy) is 1. The minimum Gasteiger partial charge on any atom is -0.493 e. The second kappa shape index (κ2) is 6.85. The Hall–Kier alpha value is -2.40. The first kappa shape index (κ1) is 15.0. The lowest BCUT2D eigenvalue weighted by atomic mass is 10.1. The molecule has 0 saturated carbocycles. The highest BCUT2D eigenvalue weighted by atomic mass is 16.6. The zero-order chi connectivity index (χ0) is 15.2. The molecular formula is C16H18N2O3. The van der Waals surface area contributed by atoms with Crippen molar-refractivity contribution >= 4 is 5.69 Å². The Bertz CT molecular complexity index is 592. The maximum atomic E-state index is 10.6. The summed E-state index contributed by atoms with van der Waals surface area (Å²) in [5, 5.41) is 10.6. The van der Waals surface area contributed by atoms with Gasteiger partial charge in [-0.3, -0.25) is 10.1 Å². The Morgan fingerprint density at radius 3 is 2.29 bits per heavy atom. The Labute approximate surface area is 123 Å². The lowest BCUT2D eigenvalue weighted by Gasteiger charge is -2.09. The van der Waals surface area contributed by atoms with E-state index in [1.165, 1.54) is 12.1 Å². The first-order valence-electron chi connectivity index (χ1n) is 6.78. The van der Waals surface area contributed by atoms with Crippen LogP contribution in [0, 0.1) is 10.1 Å². The van der Waals surface area contributed by atoms with E-state index in [0.29, 0.717) is 13.0 Å². The van der Waals surface area contributed by atoms with Crippen molar-refractivity contribution in [2.75, 3.05) is 6.61 Å². The molecule has 0 radical (unpaired) electrons. The minimum absolute atomic E-state index is 0.0131. The average Bonchev–Trinajstić information content (AvgIpc) is 2.48. The predicted octanol–water partition coefficient (Wildman–Crippen LogP) is 3.24. The van der Waals surface area contributed by atoms with Crippen LogP contribution in [0.15, 0.2) is 48.5 Å². The summed E-state index contributed by atoms with van der Waals surface area (Å²) >= 11 is 0. The standard InChI is InChI=1S/C16H18N2O3/c1-12(17)14-4-8-16(9-5-14)21-11-10-13-2-6-15(7-3-13)18(19)20/h2-9,12H,10-11,17H2,1H3/t12-/m0/s1. The first-order chi connectivity index (χ1) is 10.1. The molecule has 2 N–H and O–H groups in total. The molecule has 0 aliphatic carbocycles. The Balaban J connectivity index is 1.85. The van der Waals surface area contributed by atoms with E-state index in [1.807, 2.05) is 31.2 Å². The molecule has 0 spiro atoms. The normalized spacial score (nSPS) is 11.9. The summed E-state index contributed by atoms with van der Waals surface area (Å²) in [6, 6.07) is 14.2. The molecule has 2 aromatic carbocycles. The number of nitrogens with two attached hydrogens (primary N) is 1. The molecular weight excluding hydrogens is 268 g/mol. The number of hydrogen-bond acceptors (Lipinski definition) is 4. The molecule has 5 heteroatoms. The summed E-state index contributed by atoms with van der Waals surface area (Å²) in [5.41, 5.74) is 7.96. The SMILES string of the molecule is C[C@H](N)c1ccc(OCCc2ccc([N+](=O)[O-])cc2)cc1. The van der Waals surface area contributed by atoms with Crippen LogP contribution in [0.4, 0.5) is 5.69 Å². The number of nitro benzene ring substituents is 1. The molecule has 2 aromatic rings. The molecule has 0 fully saturated rings. The largest absolute Gasteiger partial charge is 0.493 e. The molecule has 0 bridgehead atoms. The number of benzene rings is 2. The van der Waals surface area contributed by atoms with Crippen molar-refractivity contribution in [2.24, 2.45) is 5.73 Å². The third kappa shape index (κ3) is 4.29. The van der Waals surface area contributed by atoms with E-state index in [4.69, 9.17) is 10.5 Å². The van der Waals surface area contributed by atoms with E-state index in [0.717, 1.165) is 16.9 Å². The minimum atomic E-state index is -0.403. The Morgan fingerprint density at radius 1 is 1.14 bits per heavy atom. The van der Waals surface area contributed by atoms with Gasteiger partial charge in [-0.2, -0.15) is 0 Å². The monoisotopic (exact) mass is 286 g/mol. The molecule has 0 aliphatic rings. The second-order valence-corrected chi connectivity index (χ2v) is 4.88. The van der Waals surface area contributed by atoms with Crippen LogP contribution in [0.3, 0.4) is 0 Å². The van der Waals surface area contributed by atoms with Gasteiger partial charge in [-0.1, -0.05) is 24.3 Å². The third-order valence-electron chi connectivity index (χ3n) is 3.21. The van der Waals surface area contributed by atoms with Gasteiger partial charge in [-0.05, 0) is 30.2 Å². The van der Waals surface area contributed by atoms with Gasteiger partial charge in [0.15, 0.2) is 0 Å². The molecule has 0 heterocycles. The van der Waals surface area contributed by atoms with Gasteiger partial charge in [0.25, 0.3) is 5.69 Å². The lowest BCUT2D eigenvalue weighted by Crippen LogP contribution is -2.05. The van der Waals surface area contributed by atoms with Crippen LogP contribution >= 0.6 is 0 Å². The van der Waals surface area contributed by atoms with Crippen molar-refractivity contribution < 1.29 is 9.66 Å². The highest BCUT2D eigenvalue weighted by Crippen LogP contribution is 2.17. The van der Waals surface area contributed by atoms with Crippen LogP contribution in [0.2, 0.25) is 0 Å². The van der Waals surface area contributed by atoms with Crippen molar-refractivity contribution in [3.63, 3.8) is 0 Å². The van der Waals surface area contributed by atoms with Crippen molar-refractivity contribution in [1.29, 1.82) is 0 Å². The van der Waals surface area contributed by atoms with E-state index < -0.39 is 4.92 Å². The summed E-state index contributed by atoms with van der Waals surface area (Å²) in [4.78, 5) is 10.2. The quantitative estimate of drug-likeness (QED) is 0.653. The van der Waals surface area contributed by atoms with Crippen LogP contribution in [0.5, 0.6) is 5.75 Å². The third-order valence-corrected chi connectivity index (χ3v) is 3.21. The predicted molar refractivity (Wildman–Crippen MR) is 81.3 cm³/mol. The Kier molecular flexibility index (Phi) is 4.90. The number of rotatable bonds is 6. The summed E-state index contributed by atoms with van der Waals surface area (Å²) in [6.45, 7) is 2.46. The smallest absolute Gasteiger partial charge is 0.269 e. The van der Waals surface area contributed by atoms with E-state index in [1.54, 1.807) is 12.1 Å². The van der Waals surface area contributed by atoms with Crippen molar-refractivity contribution in [3.05, 3.63) is 69.8 Å². The molecule has 2 rings (SSSR count). The lowest BCUT2D eigenvalue weighted by molar-refractivity contribution is -0.384. The van der Waals surface area contributed by atoms with Crippen molar-refractivity contribution in [2.45, 2.75) is 19.4 Å². The zero-order valence-corrected chi connectivity index (χ0v) is 11.9. The highest BCUT2D eigenvalue weighted by Gasteiger charge is 2.04. The van der Waals surface area contributed by atoms with Crippen LogP contribution < -0.4 is 10.5 Å². The fraction of sp³-hybridized carbons (Fsp3) is 0.250. The number of hydrogen-bond donors (Lipinski definition) is 1. The van der Waals surface area contributed by atoms with Gasteiger partial charge in [-0.15, -0.1) is 0 Å². The van der Waals surface area contributed by atoms with Gasteiger partial charge in [0, 0.05) is 24.6 Å². The number of nitro groups is 1. The van der Waals surface area contributed by atoms with Gasteiger partial charge in [0.2, 0.25) is 0 Å². The van der Waals surface area contributed by atoms with Gasteiger partial charge in [-0.25, -0.2) is 0 Å². The van der Waals surface area contributed by atoms with Gasteiger partial charge in [0.1, 0.15) is 5.75 Å². The van der Waals surface area contributed by atoms with E-state index in [9.17, 15) is 10.1 Å². The maximum Gasteiger partial charge on any atom is 0.269 e. The zero-order valence-electron chi connectivity index (χ0n) is 11.9. The molecule has 0 aliphatic heterocycles. The summed E-state index contributed by atoms with van der Waals surface area (Å²) in [7, 11) is 0. The molecule has 0 unspecified atom stereocenters. The highest BCUT2D eigenvalue weighted by molar-refractivity contribution is 5.33. The molecule has 0 saturated heterocycles. The van der Waals surface area contributed by atoms with Gasteiger partial charge < -0.3 is 10.5 Å². The van der Waals surface area contributed by atoms with Crippen LogP contribution in [-0.4, -0.2) is 11.5 Å². The summed E-state index contributed by atoms with van der Waals surface area (Å²) < 4.78 is 5.65. The van der Waals surface area contributed by atoms with E-state index >= 15 is 0 Å². The number of non-ortho nitro benzene ring substituents is 1. The average molecular weight is 286 g/mol.